The third-order valence-electron chi connectivity index (χ3n) is 7.23. The smallest absolute Gasteiger partial charge is 0.222 e. The van der Waals surface area contributed by atoms with Crippen LogP contribution in [0.2, 0.25) is 0 Å². The Balaban J connectivity index is 1.34. The first-order valence-corrected chi connectivity index (χ1v) is 12.6. The number of halogens is 1. The number of hydrogen-bond donors (Lipinski definition) is 2. The predicted molar refractivity (Wildman–Crippen MR) is 129 cm³/mol. The van der Waals surface area contributed by atoms with Crippen LogP contribution in [0, 0.1) is 11.7 Å². The van der Waals surface area contributed by atoms with E-state index >= 15 is 0 Å². The highest BCUT2D eigenvalue weighted by molar-refractivity contribution is 6.00. The first kappa shape index (κ1) is 23.2. The van der Waals surface area contributed by atoms with E-state index in [1.54, 1.807) is 12.1 Å². The molecular formula is C26H34FN5O2. The van der Waals surface area contributed by atoms with E-state index < -0.39 is 0 Å². The van der Waals surface area contributed by atoms with Crippen LogP contribution in [0.15, 0.2) is 35.5 Å². The fourth-order valence-electron chi connectivity index (χ4n) is 5.26. The number of ether oxygens (including phenoxy) is 2. The summed E-state index contributed by atoms with van der Waals surface area (Å²) < 4.78 is 25.1. The highest BCUT2D eigenvalue weighted by atomic mass is 19.1. The summed E-state index contributed by atoms with van der Waals surface area (Å²) in [7, 11) is 0. The van der Waals surface area contributed by atoms with Crippen LogP contribution in [0.4, 0.5) is 10.3 Å². The lowest BCUT2D eigenvalue weighted by molar-refractivity contribution is -0.183. The molecule has 0 amide bonds. The average Bonchev–Trinajstić information content (AvgIpc) is 3.32. The van der Waals surface area contributed by atoms with Crippen molar-refractivity contribution in [2.24, 2.45) is 10.9 Å². The maximum atomic E-state index is 13.3. The molecule has 0 bridgehead atoms. The molecule has 1 atom stereocenters. The second-order valence-corrected chi connectivity index (χ2v) is 9.49. The number of anilines is 1. The highest BCUT2D eigenvalue weighted by Crippen LogP contribution is 2.44. The van der Waals surface area contributed by atoms with Gasteiger partial charge in [-0.1, -0.05) is 25.5 Å². The highest BCUT2D eigenvalue weighted by Gasteiger charge is 2.43. The molecule has 2 fully saturated rings. The summed E-state index contributed by atoms with van der Waals surface area (Å²) in [5.41, 5.74) is 3.04. The molecule has 1 spiro atoms. The van der Waals surface area contributed by atoms with Gasteiger partial charge in [0, 0.05) is 44.6 Å². The lowest BCUT2D eigenvalue weighted by Crippen LogP contribution is -2.39. The molecule has 182 valence electrons. The molecule has 1 saturated heterocycles. The van der Waals surface area contributed by atoms with E-state index in [2.05, 4.69) is 22.5 Å². The van der Waals surface area contributed by atoms with E-state index in [0.717, 1.165) is 67.7 Å². The van der Waals surface area contributed by atoms with Gasteiger partial charge in [-0.25, -0.2) is 14.4 Å². The number of amidine groups is 1. The zero-order valence-electron chi connectivity index (χ0n) is 19.9. The van der Waals surface area contributed by atoms with Gasteiger partial charge in [-0.05, 0) is 42.9 Å². The van der Waals surface area contributed by atoms with Gasteiger partial charge >= 0.3 is 0 Å². The third kappa shape index (κ3) is 5.08. The van der Waals surface area contributed by atoms with Crippen LogP contribution >= 0.6 is 0 Å². The quantitative estimate of drug-likeness (QED) is 0.588. The summed E-state index contributed by atoms with van der Waals surface area (Å²) in [5, 5.41) is 6.81. The number of nitrogens with one attached hydrogen (secondary N) is 2. The predicted octanol–water partition coefficient (Wildman–Crippen LogP) is 4.39. The zero-order chi connectivity index (χ0) is 23.4. The molecule has 1 aromatic heterocycles. The molecule has 2 aromatic rings. The van der Waals surface area contributed by atoms with Crippen LogP contribution in [-0.4, -0.2) is 47.9 Å². The molecule has 7 nitrogen and oxygen atoms in total. The van der Waals surface area contributed by atoms with Crippen molar-refractivity contribution < 1.29 is 13.9 Å². The molecule has 2 aliphatic heterocycles. The molecule has 1 saturated carbocycles. The molecule has 2 N–H and O–H groups in total. The summed E-state index contributed by atoms with van der Waals surface area (Å²) in [6.45, 7) is 5.71. The van der Waals surface area contributed by atoms with E-state index in [9.17, 15) is 4.39 Å². The maximum Gasteiger partial charge on any atom is 0.222 e. The van der Waals surface area contributed by atoms with E-state index in [4.69, 9.17) is 19.5 Å². The minimum Gasteiger partial charge on any atom is -0.366 e. The van der Waals surface area contributed by atoms with Crippen LogP contribution in [0.25, 0.3) is 0 Å². The Morgan fingerprint density at radius 2 is 1.85 bits per heavy atom. The monoisotopic (exact) mass is 467 g/mol. The average molecular weight is 468 g/mol. The summed E-state index contributed by atoms with van der Waals surface area (Å²) in [6, 6.07) is 6.54. The van der Waals surface area contributed by atoms with Crippen molar-refractivity contribution in [3.63, 3.8) is 0 Å². The Kier molecular flexibility index (Phi) is 7.06. The van der Waals surface area contributed by atoms with Crippen molar-refractivity contribution in [3.05, 3.63) is 53.1 Å². The van der Waals surface area contributed by atoms with Crippen LogP contribution in [0.5, 0.6) is 0 Å². The van der Waals surface area contributed by atoms with Gasteiger partial charge in [-0.3, -0.25) is 4.99 Å². The van der Waals surface area contributed by atoms with Crippen molar-refractivity contribution >= 4 is 11.8 Å². The Bertz CT molecular complexity index is 997. The molecule has 8 heteroatoms. The van der Waals surface area contributed by atoms with Crippen molar-refractivity contribution in [1.29, 1.82) is 0 Å². The molecule has 0 radical (unpaired) electrons. The maximum absolute atomic E-state index is 13.3. The van der Waals surface area contributed by atoms with Crippen LogP contribution in [-0.2, 0) is 16.0 Å². The molecule has 3 aliphatic rings. The topological polar surface area (TPSA) is 80.7 Å². The number of aromatic nitrogens is 2. The fourth-order valence-corrected chi connectivity index (χ4v) is 5.26. The number of hydrogen-bond acceptors (Lipinski definition) is 7. The Morgan fingerprint density at radius 3 is 2.59 bits per heavy atom. The van der Waals surface area contributed by atoms with Gasteiger partial charge in [-0.15, -0.1) is 0 Å². The summed E-state index contributed by atoms with van der Waals surface area (Å²) in [4.78, 5) is 14.5. The van der Waals surface area contributed by atoms with Crippen molar-refractivity contribution in [3.8, 4) is 0 Å². The van der Waals surface area contributed by atoms with Gasteiger partial charge in [0.25, 0.3) is 0 Å². The zero-order valence-corrected chi connectivity index (χ0v) is 19.9. The number of aliphatic imine (C=N–C) groups is 1. The van der Waals surface area contributed by atoms with Crippen LogP contribution < -0.4 is 10.6 Å². The second kappa shape index (κ2) is 10.4. The fraction of sp³-hybridized carbons (Fsp3) is 0.577. The van der Waals surface area contributed by atoms with Gasteiger partial charge in [0.15, 0.2) is 5.79 Å². The van der Waals surface area contributed by atoms with Crippen molar-refractivity contribution in [2.45, 2.75) is 63.7 Å². The van der Waals surface area contributed by atoms with Crippen LogP contribution in [0.3, 0.4) is 0 Å². The third-order valence-corrected chi connectivity index (χ3v) is 7.23. The van der Waals surface area contributed by atoms with E-state index in [1.165, 1.54) is 12.1 Å². The summed E-state index contributed by atoms with van der Waals surface area (Å²) >= 11 is 0. The minimum atomic E-state index is -0.363. The van der Waals surface area contributed by atoms with E-state index in [0.29, 0.717) is 38.2 Å². The van der Waals surface area contributed by atoms with Gasteiger partial charge in [0.1, 0.15) is 11.7 Å². The number of nitrogens with zero attached hydrogens (tertiary/aromatic N) is 3. The molecule has 1 aliphatic carbocycles. The van der Waals surface area contributed by atoms with Crippen molar-refractivity contribution in [2.75, 3.05) is 31.6 Å². The van der Waals surface area contributed by atoms with Crippen molar-refractivity contribution in [1.82, 2.24) is 15.3 Å². The van der Waals surface area contributed by atoms with Gasteiger partial charge in [0.2, 0.25) is 5.95 Å². The van der Waals surface area contributed by atoms with Gasteiger partial charge < -0.3 is 20.1 Å². The molecule has 1 aromatic carbocycles. The minimum absolute atomic E-state index is 0.230. The normalized spacial score (nSPS) is 21.8. The summed E-state index contributed by atoms with van der Waals surface area (Å²) in [6.07, 6.45) is 8.04. The van der Waals surface area contributed by atoms with Gasteiger partial charge in [-0.2, -0.15) is 0 Å². The molecule has 5 rings (SSSR count). The Morgan fingerprint density at radius 1 is 1.09 bits per heavy atom. The Labute approximate surface area is 200 Å². The van der Waals surface area contributed by atoms with E-state index in [-0.39, 0.29) is 17.5 Å². The molecule has 1 unspecified atom stereocenters. The van der Waals surface area contributed by atoms with Crippen LogP contribution in [0.1, 0.15) is 68.2 Å². The lowest BCUT2D eigenvalue weighted by Gasteiger charge is -2.39. The number of rotatable bonds is 7. The number of unbranched alkanes of at least 4 members (excludes halogenated alkanes) is 1. The van der Waals surface area contributed by atoms with Gasteiger partial charge in [0.05, 0.1) is 24.5 Å². The standard InChI is InChI=1S/C26H34FN5O2/c1-2-3-12-28-25-31-17-22-23(32-25)21(19-8-10-26(11-9-19)33-13-14-34-26)16-30-24(22)29-15-18-4-6-20(27)7-5-18/h4-7,17,19,21H,2-3,8-16H2,1H3,(H,29,30)(H,28,31,32). The second-order valence-electron chi connectivity index (χ2n) is 9.49. The first-order chi connectivity index (χ1) is 16.7. The number of fused-ring (bicyclic) bond motifs is 1. The van der Waals surface area contributed by atoms with E-state index in [1.807, 2.05) is 6.20 Å². The molecular weight excluding hydrogens is 433 g/mol. The molecule has 3 heterocycles. The Hall–Kier alpha value is -2.58. The SMILES string of the molecule is CCCCNc1ncc2c(n1)C(C1CCC3(CC1)OCCO3)CN=C2NCc1ccc(F)cc1. The summed E-state index contributed by atoms with van der Waals surface area (Å²) in [5.74, 6) is 1.64. The first-order valence-electron chi connectivity index (χ1n) is 12.6. The molecule has 34 heavy (non-hydrogen) atoms. The largest absolute Gasteiger partial charge is 0.366 e. The lowest BCUT2D eigenvalue weighted by atomic mass is 9.75. The number of benzene rings is 1.